The van der Waals surface area contributed by atoms with E-state index in [-0.39, 0.29) is 5.91 Å². The normalized spacial score (nSPS) is 7.08. The first-order chi connectivity index (χ1) is 5.58. The number of rotatable bonds is 3. The van der Waals surface area contributed by atoms with E-state index in [1.807, 2.05) is 5.48 Å². The maximum Gasteiger partial charge on any atom is 0.266 e. The third kappa shape index (κ3) is 15.8. The van der Waals surface area contributed by atoms with Crippen LogP contribution in [0.5, 0.6) is 0 Å². The van der Waals surface area contributed by atoms with E-state index in [1.54, 1.807) is 0 Å². The molecule has 0 unspecified atom stereocenters. The topological polar surface area (TPSA) is 81.4 Å². The van der Waals surface area contributed by atoms with Crippen LogP contribution in [0.3, 0.4) is 0 Å². The number of carbonyl (C=O) groups is 2. The number of hydrogen-bond acceptors (Lipinski definition) is 3. The lowest BCUT2D eigenvalue weighted by molar-refractivity contribution is -0.126. The molecule has 0 aliphatic carbocycles. The second-order valence-corrected chi connectivity index (χ2v) is 1.48. The van der Waals surface area contributed by atoms with Gasteiger partial charge in [-0.15, -0.1) is 0 Å². The second kappa shape index (κ2) is 9.38. The highest BCUT2D eigenvalue weighted by Gasteiger charge is 1.84. The molecule has 0 fully saturated rings. The number of amides is 2. The molecule has 0 saturated heterocycles. The summed E-state index contributed by atoms with van der Waals surface area (Å²) in [5, 5.41) is 0. The molecule has 0 spiro atoms. The molecule has 0 bridgehead atoms. The largest absolute Gasteiger partial charge is 0.366 e. The van der Waals surface area contributed by atoms with Crippen molar-refractivity contribution in [2.45, 2.75) is 0 Å². The summed E-state index contributed by atoms with van der Waals surface area (Å²) < 4.78 is 0. The maximum absolute atomic E-state index is 10.1. The van der Waals surface area contributed by atoms with Gasteiger partial charge < -0.3 is 5.73 Å². The Balaban J connectivity index is 0. The Morgan fingerprint density at radius 1 is 1.42 bits per heavy atom. The molecule has 0 aromatic heterocycles. The van der Waals surface area contributed by atoms with Crippen molar-refractivity contribution in [1.82, 2.24) is 5.48 Å². The summed E-state index contributed by atoms with van der Waals surface area (Å²) in [4.78, 5) is 23.8. The van der Waals surface area contributed by atoms with Gasteiger partial charge in [0.15, 0.2) is 0 Å². The SMILES string of the molecule is C=CC(=O)NOC.C=CC(N)=O. The van der Waals surface area contributed by atoms with Crippen LogP contribution in [-0.4, -0.2) is 18.9 Å². The number of nitrogens with one attached hydrogen (secondary N) is 1. The van der Waals surface area contributed by atoms with Gasteiger partial charge in [-0.1, -0.05) is 13.2 Å². The average molecular weight is 172 g/mol. The van der Waals surface area contributed by atoms with Crippen LogP contribution >= 0.6 is 0 Å². The van der Waals surface area contributed by atoms with Gasteiger partial charge in [0.25, 0.3) is 5.91 Å². The molecular formula is C7H12N2O3. The molecule has 68 valence electrons. The molecule has 12 heavy (non-hydrogen) atoms. The van der Waals surface area contributed by atoms with E-state index in [0.717, 1.165) is 12.2 Å². The van der Waals surface area contributed by atoms with Crippen LogP contribution in [0.25, 0.3) is 0 Å². The zero-order valence-electron chi connectivity index (χ0n) is 6.87. The fraction of sp³-hybridized carbons (Fsp3) is 0.143. The minimum absolute atomic E-state index is 0.331. The quantitative estimate of drug-likeness (QED) is 0.445. The molecule has 0 aromatic carbocycles. The van der Waals surface area contributed by atoms with Gasteiger partial charge in [-0.05, 0) is 12.2 Å². The van der Waals surface area contributed by atoms with E-state index < -0.39 is 5.91 Å². The molecular weight excluding hydrogens is 160 g/mol. The van der Waals surface area contributed by atoms with E-state index in [2.05, 4.69) is 23.7 Å². The van der Waals surface area contributed by atoms with Crippen LogP contribution in [0.15, 0.2) is 25.3 Å². The standard InChI is InChI=1S/C4H7NO2.C3H5NO/c1-3-4(6)5-7-2;1-2-3(4)5/h3H,1H2,2H3,(H,5,6);2H,1H2,(H2,4,5). The van der Waals surface area contributed by atoms with Crippen molar-refractivity contribution in [3.8, 4) is 0 Å². The summed E-state index contributed by atoms with van der Waals surface area (Å²) in [6.07, 6.45) is 2.18. The third-order valence-electron chi connectivity index (χ3n) is 0.589. The first kappa shape index (κ1) is 13.0. The average Bonchev–Trinajstić information content (AvgIpc) is 2.06. The highest BCUT2D eigenvalue weighted by molar-refractivity contribution is 5.85. The molecule has 3 N–H and O–H groups in total. The number of carbonyl (C=O) groups excluding carboxylic acids is 2. The molecule has 0 atom stereocenters. The van der Waals surface area contributed by atoms with Crippen molar-refractivity contribution < 1.29 is 14.4 Å². The zero-order chi connectivity index (χ0) is 9.98. The van der Waals surface area contributed by atoms with Crippen molar-refractivity contribution >= 4 is 11.8 Å². The van der Waals surface area contributed by atoms with Crippen molar-refractivity contribution in [3.05, 3.63) is 25.3 Å². The Morgan fingerprint density at radius 2 is 1.83 bits per heavy atom. The molecule has 0 heterocycles. The minimum atomic E-state index is -0.481. The first-order valence-corrected chi connectivity index (χ1v) is 2.95. The molecule has 0 radical (unpaired) electrons. The van der Waals surface area contributed by atoms with Crippen LogP contribution in [0.1, 0.15) is 0 Å². The summed E-state index contributed by atoms with van der Waals surface area (Å²) in [6, 6.07) is 0. The number of nitrogens with two attached hydrogens (primary N) is 1. The Bertz CT molecular complexity index is 177. The second-order valence-electron chi connectivity index (χ2n) is 1.48. The lowest BCUT2D eigenvalue weighted by Gasteiger charge is -1.91. The van der Waals surface area contributed by atoms with Crippen LogP contribution < -0.4 is 11.2 Å². The molecule has 0 aromatic rings. The molecule has 0 aliphatic rings. The summed E-state index contributed by atoms with van der Waals surface area (Å²) in [5.41, 5.74) is 6.57. The summed E-state index contributed by atoms with van der Waals surface area (Å²) in [5.74, 6) is -0.812. The Labute approximate surface area is 70.8 Å². The summed E-state index contributed by atoms with van der Waals surface area (Å²) >= 11 is 0. The molecule has 5 heteroatoms. The van der Waals surface area contributed by atoms with Gasteiger partial charge in [-0.3, -0.25) is 14.4 Å². The maximum atomic E-state index is 10.1. The molecule has 2 amide bonds. The van der Waals surface area contributed by atoms with Crippen molar-refractivity contribution in [1.29, 1.82) is 0 Å². The van der Waals surface area contributed by atoms with E-state index in [0.29, 0.717) is 0 Å². The van der Waals surface area contributed by atoms with Gasteiger partial charge in [-0.2, -0.15) is 0 Å². The van der Waals surface area contributed by atoms with E-state index in [4.69, 9.17) is 0 Å². The number of primary amides is 1. The monoisotopic (exact) mass is 172 g/mol. The van der Waals surface area contributed by atoms with E-state index in [1.165, 1.54) is 7.11 Å². The highest BCUT2D eigenvalue weighted by atomic mass is 16.6. The fourth-order valence-corrected chi connectivity index (χ4v) is 0.142. The van der Waals surface area contributed by atoms with Gasteiger partial charge in [0, 0.05) is 0 Å². The van der Waals surface area contributed by atoms with E-state index >= 15 is 0 Å². The van der Waals surface area contributed by atoms with Crippen LogP contribution in [0.4, 0.5) is 0 Å². The van der Waals surface area contributed by atoms with Crippen molar-refractivity contribution in [2.75, 3.05) is 7.11 Å². The lowest BCUT2D eigenvalue weighted by atomic mass is 10.6. The van der Waals surface area contributed by atoms with Gasteiger partial charge in [0.2, 0.25) is 5.91 Å². The Morgan fingerprint density at radius 3 is 1.92 bits per heavy atom. The lowest BCUT2D eigenvalue weighted by Crippen LogP contribution is -2.18. The van der Waals surface area contributed by atoms with Crippen LogP contribution in [0.2, 0.25) is 0 Å². The van der Waals surface area contributed by atoms with Crippen molar-refractivity contribution in [2.24, 2.45) is 5.73 Å². The van der Waals surface area contributed by atoms with Gasteiger partial charge in [-0.25, -0.2) is 5.48 Å². The smallest absolute Gasteiger partial charge is 0.266 e. The Kier molecular flexibility index (Phi) is 10.2. The van der Waals surface area contributed by atoms with Gasteiger partial charge >= 0.3 is 0 Å². The molecule has 0 saturated carbocycles. The predicted molar refractivity (Wildman–Crippen MR) is 44.7 cm³/mol. The van der Waals surface area contributed by atoms with Gasteiger partial charge in [0.05, 0.1) is 7.11 Å². The first-order valence-electron chi connectivity index (χ1n) is 2.95. The van der Waals surface area contributed by atoms with Crippen LogP contribution in [0, 0.1) is 0 Å². The molecule has 5 nitrogen and oxygen atoms in total. The minimum Gasteiger partial charge on any atom is -0.366 e. The molecule has 0 rings (SSSR count). The van der Waals surface area contributed by atoms with E-state index in [9.17, 15) is 9.59 Å². The molecule has 0 aliphatic heterocycles. The van der Waals surface area contributed by atoms with Gasteiger partial charge in [0.1, 0.15) is 0 Å². The fourth-order valence-electron chi connectivity index (χ4n) is 0.142. The Hall–Kier alpha value is -1.62. The number of hydroxylamine groups is 1. The summed E-state index contributed by atoms with van der Waals surface area (Å²) in [7, 11) is 1.36. The predicted octanol–water partition coefficient (Wildman–Crippen LogP) is -0.492. The van der Waals surface area contributed by atoms with Crippen LogP contribution in [-0.2, 0) is 14.4 Å². The number of hydrogen-bond donors (Lipinski definition) is 2. The van der Waals surface area contributed by atoms with Crippen molar-refractivity contribution in [3.63, 3.8) is 0 Å². The summed E-state index contributed by atoms with van der Waals surface area (Å²) in [6.45, 7) is 6.27. The zero-order valence-corrected chi connectivity index (χ0v) is 6.87. The third-order valence-corrected chi connectivity index (χ3v) is 0.589. The highest BCUT2D eigenvalue weighted by Crippen LogP contribution is 1.61.